The molecule has 0 aliphatic carbocycles. The lowest BCUT2D eigenvalue weighted by Gasteiger charge is -2.24. The van der Waals surface area contributed by atoms with Crippen molar-refractivity contribution in [2.45, 2.75) is 32.8 Å². The Bertz CT molecular complexity index is 668. The van der Waals surface area contributed by atoms with E-state index in [1.54, 1.807) is 19.3 Å². The van der Waals surface area contributed by atoms with Crippen LogP contribution in [0, 0.1) is 0 Å². The molecule has 6 nitrogen and oxygen atoms in total. The maximum atomic E-state index is 12.1. The molecule has 2 aromatic heterocycles. The lowest BCUT2D eigenvalue weighted by Crippen LogP contribution is -2.34. The number of rotatable bonds is 5. The first-order chi connectivity index (χ1) is 11.3. The summed E-state index contributed by atoms with van der Waals surface area (Å²) in [7, 11) is 1.65. The van der Waals surface area contributed by atoms with E-state index in [-0.39, 0.29) is 0 Å². The summed E-state index contributed by atoms with van der Waals surface area (Å²) < 4.78 is 5.35. The maximum Gasteiger partial charge on any atom is 0.415 e. The van der Waals surface area contributed by atoms with Crippen LogP contribution in [0.5, 0.6) is 0 Å². The number of amides is 1. The van der Waals surface area contributed by atoms with Gasteiger partial charge in [0.2, 0.25) is 0 Å². The van der Waals surface area contributed by atoms with E-state index in [0.717, 1.165) is 12.1 Å². The van der Waals surface area contributed by atoms with Crippen molar-refractivity contribution in [3.8, 4) is 0 Å². The first-order valence-corrected chi connectivity index (χ1v) is 7.93. The highest BCUT2D eigenvalue weighted by molar-refractivity contribution is 5.86. The molecule has 24 heavy (non-hydrogen) atoms. The van der Waals surface area contributed by atoms with Gasteiger partial charge >= 0.3 is 6.09 Å². The molecule has 0 fully saturated rings. The van der Waals surface area contributed by atoms with Gasteiger partial charge in [-0.05, 0) is 45.0 Å². The van der Waals surface area contributed by atoms with Gasteiger partial charge in [-0.15, -0.1) is 0 Å². The van der Waals surface area contributed by atoms with Crippen LogP contribution in [0.4, 0.5) is 16.4 Å². The van der Waals surface area contributed by atoms with Gasteiger partial charge in [0.1, 0.15) is 17.2 Å². The number of hydrogen-bond acceptors (Lipinski definition) is 5. The highest BCUT2D eigenvalue weighted by atomic mass is 16.6. The van der Waals surface area contributed by atoms with Gasteiger partial charge in [0, 0.05) is 31.9 Å². The van der Waals surface area contributed by atoms with Gasteiger partial charge in [0.05, 0.1) is 0 Å². The molecule has 0 aromatic carbocycles. The molecule has 2 rings (SSSR count). The van der Waals surface area contributed by atoms with Gasteiger partial charge in [-0.1, -0.05) is 12.1 Å². The van der Waals surface area contributed by atoms with Crippen molar-refractivity contribution in [2.24, 2.45) is 0 Å². The second-order valence-corrected chi connectivity index (χ2v) is 6.42. The zero-order chi connectivity index (χ0) is 17.6. The minimum atomic E-state index is -0.538. The number of aromatic nitrogens is 2. The number of anilines is 2. The smallest absolute Gasteiger partial charge is 0.415 e. The molecule has 2 aromatic rings. The largest absolute Gasteiger partial charge is 0.443 e. The third-order valence-corrected chi connectivity index (χ3v) is 3.16. The van der Waals surface area contributed by atoms with E-state index in [9.17, 15) is 4.79 Å². The maximum absolute atomic E-state index is 12.1. The second-order valence-electron chi connectivity index (χ2n) is 6.42. The van der Waals surface area contributed by atoms with Gasteiger partial charge in [0.15, 0.2) is 0 Å². The van der Waals surface area contributed by atoms with Gasteiger partial charge in [-0.2, -0.15) is 0 Å². The van der Waals surface area contributed by atoms with Crippen LogP contribution in [0.15, 0.2) is 42.6 Å². The van der Waals surface area contributed by atoms with Gasteiger partial charge in [-0.25, -0.2) is 9.78 Å². The summed E-state index contributed by atoms with van der Waals surface area (Å²) in [5.74, 6) is 1.24. The van der Waals surface area contributed by atoms with E-state index in [1.807, 2.05) is 51.1 Å². The van der Waals surface area contributed by atoms with Crippen LogP contribution in [-0.4, -0.2) is 35.3 Å². The van der Waals surface area contributed by atoms with Crippen molar-refractivity contribution in [2.75, 3.05) is 23.8 Å². The highest BCUT2D eigenvalue weighted by Crippen LogP contribution is 2.16. The van der Waals surface area contributed by atoms with E-state index < -0.39 is 11.7 Å². The second kappa shape index (κ2) is 7.77. The summed E-state index contributed by atoms with van der Waals surface area (Å²) >= 11 is 0. The Morgan fingerprint density at radius 1 is 1.21 bits per heavy atom. The standard InChI is InChI=1S/C18H24N4O2/c1-18(2,3)24-17(23)22(4)16-10-7-9-15(21-16)20-13-11-14-8-5-6-12-19-14/h5-10,12H,11,13H2,1-4H3,(H,20,21). The number of nitrogens with zero attached hydrogens (tertiary/aromatic N) is 3. The van der Waals surface area contributed by atoms with Crippen molar-refractivity contribution in [1.82, 2.24) is 9.97 Å². The predicted octanol–water partition coefficient (Wildman–Crippen LogP) is 3.50. The van der Waals surface area contributed by atoms with E-state index in [2.05, 4.69) is 15.3 Å². The first-order valence-electron chi connectivity index (χ1n) is 7.93. The summed E-state index contributed by atoms with van der Waals surface area (Å²) in [6.45, 7) is 6.22. The number of nitrogens with one attached hydrogen (secondary N) is 1. The monoisotopic (exact) mass is 328 g/mol. The van der Waals surface area contributed by atoms with Crippen molar-refractivity contribution < 1.29 is 9.53 Å². The average molecular weight is 328 g/mol. The molecular weight excluding hydrogens is 304 g/mol. The summed E-state index contributed by atoms with van der Waals surface area (Å²) in [5, 5.41) is 3.25. The Morgan fingerprint density at radius 3 is 2.67 bits per heavy atom. The average Bonchev–Trinajstić information content (AvgIpc) is 2.54. The molecule has 0 saturated carbocycles. The highest BCUT2D eigenvalue weighted by Gasteiger charge is 2.21. The fourth-order valence-corrected chi connectivity index (χ4v) is 2.00. The normalized spacial score (nSPS) is 11.0. The zero-order valence-corrected chi connectivity index (χ0v) is 14.6. The van der Waals surface area contributed by atoms with Crippen LogP contribution in [0.1, 0.15) is 26.5 Å². The Hall–Kier alpha value is -2.63. The third-order valence-electron chi connectivity index (χ3n) is 3.16. The lowest BCUT2D eigenvalue weighted by atomic mass is 10.2. The van der Waals surface area contributed by atoms with Crippen LogP contribution in [-0.2, 0) is 11.2 Å². The third kappa shape index (κ3) is 5.53. The minimum Gasteiger partial charge on any atom is -0.443 e. The molecule has 0 bridgehead atoms. The SMILES string of the molecule is CN(C(=O)OC(C)(C)C)c1cccc(NCCc2ccccn2)n1. The molecule has 1 amide bonds. The summed E-state index contributed by atoms with van der Waals surface area (Å²) in [4.78, 5) is 22.2. The summed E-state index contributed by atoms with van der Waals surface area (Å²) in [5.41, 5.74) is 0.483. The van der Waals surface area contributed by atoms with E-state index in [4.69, 9.17) is 4.74 Å². The number of pyridine rings is 2. The van der Waals surface area contributed by atoms with Crippen LogP contribution in [0.2, 0.25) is 0 Å². The zero-order valence-electron chi connectivity index (χ0n) is 14.6. The van der Waals surface area contributed by atoms with Crippen LogP contribution in [0.25, 0.3) is 0 Å². The quantitative estimate of drug-likeness (QED) is 0.910. The number of carbonyl (C=O) groups is 1. The fourth-order valence-electron chi connectivity index (χ4n) is 2.00. The number of ether oxygens (including phenoxy) is 1. The van der Waals surface area contributed by atoms with Crippen molar-refractivity contribution >= 4 is 17.7 Å². The molecule has 0 unspecified atom stereocenters. The van der Waals surface area contributed by atoms with Crippen LogP contribution in [0.3, 0.4) is 0 Å². The molecule has 0 atom stereocenters. The Kier molecular flexibility index (Phi) is 5.73. The van der Waals surface area contributed by atoms with Gasteiger partial charge < -0.3 is 10.1 Å². The minimum absolute atomic E-state index is 0.430. The van der Waals surface area contributed by atoms with E-state index >= 15 is 0 Å². The first kappa shape index (κ1) is 17.7. The van der Waals surface area contributed by atoms with Crippen molar-refractivity contribution in [1.29, 1.82) is 0 Å². The van der Waals surface area contributed by atoms with Crippen molar-refractivity contribution in [3.05, 3.63) is 48.3 Å². The molecule has 0 saturated heterocycles. The lowest BCUT2D eigenvalue weighted by molar-refractivity contribution is 0.0588. The molecule has 0 spiro atoms. The van der Waals surface area contributed by atoms with Crippen LogP contribution < -0.4 is 10.2 Å². The fraction of sp³-hybridized carbons (Fsp3) is 0.389. The van der Waals surface area contributed by atoms with Crippen LogP contribution >= 0.6 is 0 Å². The van der Waals surface area contributed by atoms with Gasteiger partial charge in [-0.3, -0.25) is 9.88 Å². The molecule has 1 N–H and O–H groups in total. The molecule has 0 radical (unpaired) electrons. The molecule has 128 valence electrons. The van der Waals surface area contributed by atoms with E-state index in [1.165, 1.54) is 4.90 Å². The molecule has 0 aliphatic heterocycles. The molecule has 2 heterocycles. The predicted molar refractivity (Wildman–Crippen MR) is 95.3 cm³/mol. The number of hydrogen-bond donors (Lipinski definition) is 1. The number of carbonyl (C=O) groups excluding carboxylic acids is 1. The summed E-state index contributed by atoms with van der Waals surface area (Å²) in [6, 6.07) is 11.3. The molecule has 6 heteroatoms. The molecular formula is C18H24N4O2. The topological polar surface area (TPSA) is 67.3 Å². The van der Waals surface area contributed by atoms with Crippen molar-refractivity contribution in [3.63, 3.8) is 0 Å². The van der Waals surface area contributed by atoms with Gasteiger partial charge in [0.25, 0.3) is 0 Å². The molecule has 0 aliphatic rings. The van der Waals surface area contributed by atoms with E-state index in [0.29, 0.717) is 18.2 Å². The summed E-state index contributed by atoms with van der Waals surface area (Å²) in [6.07, 6.45) is 2.15. The Morgan fingerprint density at radius 2 is 2.00 bits per heavy atom. The Labute approximate surface area is 142 Å². The Balaban J connectivity index is 1.94.